The molecule has 0 spiro atoms. The molecule has 1 fully saturated rings. The Morgan fingerprint density at radius 2 is 1.50 bits per heavy atom. The van der Waals surface area contributed by atoms with Gasteiger partial charge in [-0.05, 0) is 6.42 Å². The van der Waals surface area contributed by atoms with Gasteiger partial charge in [0.2, 0.25) is 0 Å². The van der Waals surface area contributed by atoms with Gasteiger partial charge in [-0.25, -0.2) is 16.8 Å². The molecule has 2 atom stereocenters. The highest BCUT2D eigenvalue weighted by Gasteiger charge is 2.63. The van der Waals surface area contributed by atoms with E-state index in [4.69, 9.17) is 0 Å². The van der Waals surface area contributed by atoms with Crippen LogP contribution in [0.5, 0.6) is 0 Å². The third-order valence-electron chi connectivity index (χ3n) is 1.95. The number of sulfone groups is 2. The Labute approximate surface area is 78.9 Å². The van der Waals surface area contributed by atoms with Gasteiger partial charge in [-0.2, -0.15) is 13.2 Å². The smallest absolute Gasteiger partial charge is 0.229 e. The zero-order valence-electron chi connectivity index (χ0n) is 6.95. The van der Waals surface area contributed by atoms with Crippen LogP contribution in [0.3, 0.4) is 0 Å². The van der Waals surface area contributed by atoms with Gasteiger partial charge in [0.05, 0.1) is 10.5 Å². The molecule has 0 saturated heterocycles. The van der Waals surface area contributed by atoms with Gasteiger partial charge >= 0.3 is 5.51 Å². The largest absolute Gasteiger partial charge is 0.497 e. The average molecular weight is 252 g/mol. The third-order valence-corrected chi connectivity index (χ3v) is 5.70. The summed E-state index contributed by atoms with van der Waals surface area (Å²) in [7, 11) is -9.02. The lowest BCUT2D eigenvalue weighted by Gasteiger charge is -2.06. The van der Waals surface area contributed by atoms with Crippen LogP contribution in [0.2, 0.25) is 0 Å². The minimum absolute atomic E-state index is 0.458. The maximum absolute atomic E-state index is 11.9. The zero-order valence-corrected chi connectivity index (χ0v) is 8.58. The van der Waals surface area contributed by atoms with E-state index in [0.717, 1.165) is 6.26 Å². The van der Waals surface area contributed by atoms with Crippen LogP contribution in [-0.2, 0) is 19.7 Å². The van der Waals surface area contributed by atoms with Crippen molar-refractivity contribution in [3.8, 4) is 0 Å². The summed E-state index contributed by atoms with van der Waals surface area (Å²) in [6.45, 7) is 0. The molecular formula is C5H7F3O4S2. The number of hydrogen-bond acceptors (Lipinski definition) is 4. The second-order valence-corrected chi connectivity index (χ2v) is 7.56. The normalized spacial score (nSPS) is 28.9. The van der Waals surface area contributed by atoms with Gasteiger partial charge in [-0.15, -0.1) is 0 Å². The molecular weight excluding hydrogens is 245 g/mol. The predicted octanol–water partition coefficient (Wildman–Crippen LogP) is 0.107. The first-order valence-corrected chi connectivity index (χ1v) is 6.97. The first-order valence-electron chi connectivity index (χ1n) is 3.47. The van der Waals surface area contributed by atoms with E-state index in [1.807, 2.05) is 0 Å². The van der Waals surface area contributed by atoms with Crippen LogP contribution in [0.4, 0.5) is 13.2 Å². The van der Waals surface area contributed by atoms with E-state index in [2.05, 4.69) is 0 Å². The molecule has 9 heteroatoms. The Morgan fingerprint density at radius 1 is 1.07 bits per heavy atom. The highest BCUT2D eigenvalue weighted by molar-refractivity contribution is 7.97. The average Bonchev–Trinajstić information content (AvgIpc) is 2.57. The van der Waals surface area contributed by atoms with Crippen LogP contribution in [0.25, 0.3) is 0 Å². The fraction of sp³-hybridized carbons (Fsp3) is 1.00. The summed E-state index contributed by atoms with van der Waals surface area (Å²) in [5.74, 6) is 0. The minimum atomic E-state index is -5.36. The van der Waals surface area contributed by atoms with Crippen molar-refractivity contribution in [1.82, 2.24) is 0 Å². The number of halogens is 3. The van der Waals surface area contributed by atoms with E-state index >= 15 is 0 Å². The van der Waals surface area contributed by atoms with Crippen molar-refractivity contribution in [2.75, 3.05) is 6.26 Å². The Hall–Kier alpha value is -0.310. The van der Waals surface area contributed by atoms with E-state index in [9.17, 15) is 30.0 Å². The zero-order chi connectivity index (χ0) is 11.4. The molecule has 0 aliphatic heterocycles. The molecule has 0 aromatic carbocycles. The van der Waals surface area contributed by atoms with E-state index in [1.54, 1.807) is 0 Å². The Balaban J connectivity index is 2.95. The van der Waals surface area contributed by atoms with Gasteiger partial charge in [0.1, 0.15) is 0 Å². The predicted molar refractivity (Wildman–Crippen MR) is 42.0 cm³/mol. The Kier molecular flexibility index (Phi) is 2.39. The lowest BCUT2D eigenvalue weighted by molar-refractivity contribution is -0.0437. The van der Waals surface area contributed by atoms with Crippen LogP contribution in [0.1, 0.15) is 6.42 Å². The van der Waals surface area contributed by atoms with Crippen molar-refractivity contribution in [1.29, 1.82) is 0 Å². The highest BCUT2D eigenvalue weighted by Crippen LogP contribution is 2.42. The molecule has 0 N–H and O–H groups in total. The summed E-state index contributed by atoms with van der Waals surface area (Å²) in [5, 5.41) is -3.20. The monoisotopic (exact) mass is 252 g/mol. The first kappa shape index (κ1) is 11.8. The summed E-state index contributed by atoms with van der Waals surface area (Å²) >= 11 is 0. The van der Waals surface area contributed by atoms with Gasteiger partial charge in [0, 0.05) is 6.26 Å². The fourth-order valence-electron chi connectivity index (χ4n) is 1.10. The van der Waals surface area contributed by atoms with Gasteiger partial charge in [0.15, 0.2) is 9.84 Å². The molecule has 0 radical (unpaired) electrons. The third kappa shape index (κ3) is 1.88. The lowest BCUT2D eigenvalue weighted by Crippen LogP contribution is -2.29. The van der Waals surface area contributed by atoms with Crippen molar-refractivity contribution in [3.63, 3.8) is 0 Å². The summed E-state index contributed by atoms with van der Waals surface area (Å²) in [6, 6.07) is 0. The van der Waals surface area contributed by atoms with Crippen LogP contribution < -0.4 is 0 Å². The SMILES string of the molecule is CS(=O)(=O)C1CC1S(=O)(=O)C(F)(F)F. The fourth-order valence-corrected chi connectivity index (χ4v) is 4.58. The molecule has 84 valence electrons. The molecule has 1 saturated carbocycles. The quantitative estimate of drug-likeness (QED) is 0.699. The molecule has 0 amide bonds. The number of rotatable bonds is 2. The molecule has 0 bridgehead atoms. The molecule has 0 heterocycles. The van der Waals surface area contributed by atoms with Crippen molar-refractivity contribution in [2.24, 2.45) is 0 Å². The van der Waals surface area contributed by atoms with Crippen LogP contribution >= 0.6 is 0 Å². The molecule has 0 aromatic rings. The Bertz CT molecular complexity index is 432. The number of alkyl halides is 3. The van der Waals surface area contributed by atoms with E-state index in [-0.39, 0.29) is 0 Å². The second kappa shape index (κ2) is 2.84. The summed E-state index contributed by atoms with van der Waals surface area (Å²) < 4.78 is 78.6. The molecule has 1 rings (SSSR count). The lowest BCUT2D eigenvalue weighted by atomic mass is 11.0. The molecule has 1 aliphatic carbocycles. The van der Waals surface area contributed by atoms with E-state index < -0.39 is 42.1 Å². The van der Waals surface area contributed by atoms with E-state index in [1.165, 1.54) is 0 Å². The summed E-state index contributed by atoms with van der Waals surface area (Å²) in [6.07, 6.45) is 0.268. The molecule has 0 aromatic heterocycles. The van der Waals surface area contributed by atoms with Crippen molar-refractivity contribution < 1.29 is 30.0 Å². The standard InChI is InChI=1S/C5H7F3O4S2/c1-13(9,10)3-2-4(3)14(11,12)5(6,7)8/h3-4H,2H2,1H3. The second-order valence-electron chi connectivity index (χ2n) is 3.13. The molecule has 2 unspecified atom stereocenters. The Morgan fingerprint density at radius 3 is 1.71 bits per heavy atom. The van der Waals surface area contributed by atoms with Gasteiger partial charge in [0.25, 0.3) is 9.84 Å². The van der Waals surface area contributed by atoms with Crippen molar-refractivity contribution in [3.05, 3.63) is 0 Å². The van der Waals surface area contributed by atoms with Gasteiger partial charge in [-0.3, -0.25) is 0 Å². The minimum Gasteiger partial charge on any atom is -0.229 e. The van der Waals surface area contributed by atoms with Crippen LogP contribution in [0.15, 0.2) is 0 Å². The van der Waals surface area contributed by atoms with E-state index in [0.29, 0.717) is 0 Å². The maximum atomic E-state index is 11.9. The van der Waals surface area contributed by atoms with Crippen molar-refractivity contribution in [2.45, 2.75) is 22.4 Å². The molecule has 4 nitrogen and oxygen atoms in total. The van der Waals surface area contributed by atoms with Gasteiger partial charge < -0.3 is 0 Å². The topological polar surface area (TPSA) is 68.3 Å². The van der Waals surface area contributed by atoms with Crippen LogP contribution in [0, 0.1) is 0 Å². The molecule has 14 heavy (non-hydrogen) atoms. The van der Waals surface area contributed by atoms with Crippen LogP contribution in [-0.4, -0.2) is 39.1 Å². The summed E-state index contributed by atoms with van der Waals surface area (Å²) in [5.41, 5.74) is -5.36. The van der Waals surface area contributed by atoms with Gasteiger partial charge in [-0.1, -0.05) is 0 Å². The van der Waals surface area contributed by atoms with Crippen molar-refractivity contribution >= 4 is 19.7 Å². The number of hydrogen-bond donors (Lipinski definition) is 0. The molecule has 1 aliphatic rings. The highest BCUT2D eigenvalue weighted by atomic mass is 32.2. The maximum Gasteiger partial charge on any atom is 0.497 e. The summed E-state index contributed by atoms with van der Waals surface area (Å²) in [4.78, 5) is 0. The first-order chi connectivity index (χ1) is 5.98.